The van der Waals surface area contributed by atoms with Crippen LogP contribution in [0.3, 0.4) is 0 Å². The Morgan fingerprint density at radius 2 is 0.951 bits per heavy atom. The molecule has 348 valence electrons. The lowest BCUT2D eigenvalue weighted by Gasteiger charge is -2.15. The van der Waals surface area contributed by atoms with Crippen LogP contribution < -0.4 is 5.32 Å². The first-order chi connectivity index (χ1) is 29.8. The van der Waals surface area contributed by atoms with Gasteiger partial charge in [-0.2, -0.15) is 0 Å². The summed E-state index contributed by atoms with van der Waals surface area (Å²) in [4.78, 5) is 34.0. The Bertz CT molecular complexity index is 1320. The molecule has 0 aliphatic rings. The predicted molar refractivity (Wildman–Crippen MR) is 256 cm³/mol. The van der Waals surface area contributed by atoms with Crippen LogP contribution in [0.15, 0.2) is 97.2 Å². The lowest BCUT2D eigenvalue weighted by atomic mass is 10.1. The molecule has 9 nitrogen and oxygen atoms in total. The van der Waals surface area contributed by atoms with E-state index in [9.17, 15) is 24.2 Å². The first-order valence-corrected chi connectivity index (χ1v) is 25.2. The number of hydrogen-bond donors (Lipinski definition) is 3. The third-order valence-electron chi connectivity index (χ3n) is 9.50. The van der Waals surface area contributed by atoms with Crippen molar-refractivity contribution in [3.63, 3.8) is 0 Å². The maximum atomic E-state index is 12.1. The maximum absolute atomic E-state index is 12.1. The summed E-state index contributed by atoms with van der Waals surface area (Å²) in [5.74, 6) is -0.588. The summed E-state index contributed by atoms with van der Waals surface area (Å²) in [6, 6.07) is 0. The van der Waals surface area contributed by atoms with Crippen LogP contribution in [0.2, 0.25) is 0 Å². The third kappa shape index (κ3) is 47.8. The highest BCUT2D eigenvalue weighted by Crippen LogP contribution is 2.42. The van der Waals surface area contributed by atoms with Gasteiger partial charge in [0.2, 0.25) is 5.91 Å². The number of phosphoric ester groups is 1. The smallest absolute Gasteiger partial charge is 0.463 e. The van der Waals surface area contributed by atoms with Crippen LogP contribution in [0, 0.1) is 0 Å². The Labute approximate surface area is 372 Å². The molecule has 2 unspecified atom stereocenters. The Kier molecular flexibility index (Phi) is 44.1. The number of rotatable bonds is 43. The molecule has 10 heteroatoms. The summed E-state index contributed by atoms with van der Waals surface area (Å²) < 4.78 is 26.9. The van der Waals surface area contributed by atoms with E-state index in [2.05, 4.69) is 110 Å². The third-order valence-corrected chi connectivity index (χ3v) is 10.5. The summed E-state index contributed by atoms with van der Waals surface area (Å²) in [5.41, 5.74) is 0. The second kappa shape index (κ2) is 46.4. The molecule has 0 heterocycles. The van der Waals surface area contributed by atoms with E-state index < -0.39 is 26.5 Å². The van der Waals surface area contributed by atoms with E-state index in [1.807, 2.05) is 6.08 Å². The lowest BCUT2D eigenvalue weighted by molar-refractivity contribution is -0.147. The van der Waals surface area contributed by atoms with Crippen molar-refractivity contribution in [2.45, 2.75) is 187 Å². The Morgan fingerprint density at radius 1 is 0.525 bits per heavy atom. The molecule has 0 radical (unpaired) electrons. The van der Waals surface area contributed by atoms with Crippen LogP contribution in [0.4, 0.5) is 0 Å². The van der Waals surface area contributed by atoms with E-state index in [1.54, 1.807) is 0 Å². The van der Waals surface area contributed by atoms with Gasteiger partial charge in [0.05, 0.1) is 13.2 Å². The van der Waals surface area contributed by atoms with Crippen molar-refractivity contribution in [1.82, 2.24) is 5.32 Å². The zero-order chi connectivity index (χ0) is 44.6. The van der Waals surface area contributed by atoms with E-state index in [0.717, 1.165) is 70.6 Å². The molecule has 1 amide bonds. The molecular formula is C51H86NO8P. The second-order valence-electron chi connectivity index (χ2n) is 15.3. The SMILES string of the molecule is CC/C=C\C/C=C\C/C=C\C/C=C\C/C=C\C/C=C\C/C=C\CCCC(=O)OCC(O)COP(=O)(O)OCCNC(=O)CCCCCCCCC/C=C\CCCCCCCC. The van der Waals surface area contributed by atoms with Gasteiger partial charge in [0.25, 0.3) is 0 Å². The van der Waals surface area contributed by atoms with E-state index >= 15 is 0 Å². The number of carbonyl (C=O) groups excluding carboxylic acids is 2. The average Bonchev–Trinajstić information content (AvgIpc) is 3.25. The molecule has 0 saturated carbocycles. The van der Waals surface area contributed by atoms with Crippen molar-refractivity contribution < 1.29 is 37.9 Å². The highest BCUT2D eigenvalue weighted by Gasteiger charge is 2.23. The molecule has 0 aliphatic heterocycles. The van der Waals surface area contributed by atoms with Crippen molar-refractivity contribution in [1.29, 1.82) is 0 Å². The summed E-state index contributed by atoms with van der Waals surface area (Å²) >= 11 is 0. The second-order valence-corrected chi connectivity index (χ2v) is 16.8. The number of nitrogens with one attached hydrogen (secondary N) is 1. The first kappa shape index (κ1) is 57.9. The number of esters is 1. The van der Waals surface area contributed by atoms with Crippen molar-refractivity contribution in [2.75, 3.05) is 26.4 Å². The van der Waals surface area contributed by atoms with Gasteiger partial charge in [0.15, 0.2) is 0 Å². The first-order valence-electron chi connectivity index (χ1n) is 23.7. The summed E-state index contributed by atoms with van der Waals surface area (Å²) in [7, 11) is -4.44. The number of allylic oxidation sites excluding steroid dienone is 16. The zero-order valence-corrected chi connectivity index (χ0v) is 39.2. The minimum atomic E-state index is -4.44. The van der Waals surface area contributed by atoms with E-state index in [-0.39, 0.29) is 32.1 Å². The summed E-state index contributed by atoms with van der Waals surface area (Å²) in [6.07, 6.45) is 60.6. The number of ether oxygens (including phenoxy) is 1. The van der Waals surface area contributed by atoms with Gasteiger partial charge in [-0.3, -0.25) is 18.6 Å². The van der Waals surface area contributed by atoms with Crippen molar-refractivity contribution in [3.8, 4) is 0 Å². The molecule has 0 aromatic rings. The van der Waals surface area contributed by atoms with Gasteiger partial charge >= 0.3 is 13.8 Å². The van der Waals surface area contributed by atoms with Crippen LogP contribution in [0.5, 0.6) is 0 Å². The lowest BCUT2D eigenvalue weighted by Crippen LogP contribution is -2.27. The Hall–Kier alpha value is -3.07. The highest BCUT2D eigenvalue weighted by atomic mass is 31.2. The topological polar surface area (TPSA) is 131 Å². The van der Waals surface area contributed by atoms with Crippen molar-refractivity contribution in [2.24, 2.45) is 0 Å². The molecule has 3 N–H and O–H groups in total. The van der Waals surface area contributed by atoms with Crippen LogP contribution in [0.1, 0.15) is 181 Å². The molecule has 0 aromatic heterocycles. The number of aliphatic hydroxyl groups excluding tert-OH is 1. The standard InChI is InChI=1S/C51H86NO8P/c1-3-5-7-9-11-13-15-17-19-21-22-23-24-25-26-28-30-32-34-36-38-40-42-44-51(55)58-47-49(53)48-60-61(56,57)59-46-45-52-50(54)43-41-39-37-35-33-31-29-27-20-18-16-14-12-10-8-6-4-2/h5,7,11,13,17-20,22-23,25-26,30,32,36,38,49,53H,3-4,6,8-10,12,14-16,21,24,27-29,31,33-35,37,39-48H2,1-2H3,(H,52,54)(H,56,57)/b7-5-,13-11-,19-17-,20-18-,23-22-,26-25-,32-30-,38-36-. The largest absolute Gasteiger partial charge is 0.472 e. The number of carbonyl (C=O) groups is 2. The molecule has 0 spiro atoms. The Morgan fingerprint density at radius 3 is 1.46 bits per heavy atom. The normalized spacial score (nSPS) is 14.1. The molecule has 0 rings (SSSR count). The number of hydrogen-bond acceptors (Lipinski definition) is 7. The van der Waals surface area contributed by atoms with E-state index in [1.165, 1.54) is 77.0 Å². The van der Waals surface area contributed by atoms with Crippen LogP contribution in [0.25, 0.3) is 0 Å². The van der Waals surface area contributed by atoms with Gasteiger partial charge in [-0.1, -0.05) is 175 Å². The van der Waals surface area contributed by atoms with Gasteiger partial charge in [0.1, 0.15) is 12.7 Å². The van der Waals surface area contributed by atoms with Gasteiger partial charge in [-0.25, -0.2) is 4.57 Å². The molecule has 0 bridgehead atoms. The Balaban J connectivity index is 3.71. The minimum absolute atomic E-state index is 0.0675. The van der Waals surface area contributed by atoms with Gasteiger partial charge in [-0.15, -0.1) is 0 Å². The van der Waals surface area contributed by atoms with E-state index in [4.69, 9.17) is 13.8 Å². The molecule has 2 atom stereocenters. The van der Waals surface area contributed by atoms with Gasteiger partial charge < -0.3 is 20.1 Å². The van der Waals surface area contributed by atoms with Crippen LogP contribution >= 0.6 is 7.82 Å². The van der Waals surface area contributed by atoms with E-state index in [0.29, 0.717) is 12.8 Å². The fraction of sp³-hybridized carbons (Fsp3) is 0.647. The monoisotopic (exact) mass is 872 g/mol. The van der Waals surface area contributed by atoms with Crippen molar-refractivity contribution >= 4 is 19.7 Å². The molecule has 0 fully saturated rings. The maximum Gasteiger partial charge on any atom is 0.472 e. The molecule has 61 heavy (non-hydrogen) atoms. The molecule has 0 aliphatic carbocycles. The average molecular weight is 872 g/mol. The number of amides is 1. The summed E-state index contributed by atoms with van der Waals surface area (Å²) in [6.45, 7) is 3.36. The molecule has 0 aromatic carbocycles. The number of phosphoric acid groups is 1. The number of aliphatic hydroxyl groups is 1. The molecule has 0 saturated heterocycles. The van der Waals surface area contributed by atoms with Gasteiger partial charge in [-0.05, 0) is 89.9 Å². The fourth-order valence-corrected chi connectivity index (χ4v) is 6.71. The minimum Gasteiger partial charge on any atom is -0.463 e. The fourth-order valence-electron chi connectivity index (χ4n) is 5.95. The zero-order valence-electron chi connectivity index (χ0n) is 38.3. The highest BCUT2D eigenvalue weighted by molar-refractivity contribution is 7.47. The summed E-state index contributed by atoms with van der Waals surface area (Å²) in [5, 5.41) is 12.7. The molecular weight excluding hydrogens is 786 g/mol. The van der Waals surface area contributed by atoms with Crippen LogP contribution in [-0.4, -0.2) is 54.3 Å². The predicted octanol–water partition coefficient (Wildman–Crippen LogP) is 13.8. The quantitative estimate of drug-likeness (QED) is 0.0239. The van der Waals surface area contributed by atoms with Crippen LogP contribution in [-0.2, 0) is 27.9 Å². The number of unbranched alkanes of at least 4 members (excludes halogenated alkanes) is 14. The van der Waals surface area contributed by atoms with Crippen molar-refractivity contribution in [3.05, 3.63) is 97.2 Å². The van der Waals surface area contributed by atoms with Gasteiger partial charge in [0, 0.05) is 19.4 Å².